The van der Waals surface area contributed by atoms with Crippen molar-refractivity contribution in [3.05, 3.63) is 0 Å². The number of carbonyl (C=O) groups excluding carboxylic acids is 3. The normalized spacial score (nSPS) is 22.2. The Bertz CT molecular complexity index is 529. The van der Waals surface area contributed by atoms with E-state index in [9.17, 15) is 14.4 Å². The summed E-state index contributed by atoms with van der Waals surface area (Å²) in [4.78, 5) is 41.1. The highest BCUT2D eigenvalue weighted by atomic mass is 16.2. The number of nitrogens with one attached hydrogen (secondary N) is 1. The Morgan fingerprint density at radius 2 is 1.69 bits per heavy atom. The highest BCUT2D eigenvalue weighted by Crippen LogP contribution is 2.28. The van der Waals surface area contributed by atoms with E-state index in [0.717, 1.165) is 12.8 Å². The summed E-state index contributed by atoms with van der Waals surface area (Å²) in [6.45, 7) is 11.9. The molecule has 2 saturated heterocycles. The van der Waals surface area contributed by atoms with Crippen molar-refractivity contribution in [1.29, 1.82) is 0 Å². The lowest BCUT2D eigenvalue weighted by atomic mass is 9.94. The average molecular weight is 366 g/mol. The van der Waals surface area contributed by atoms with Gasteiger partial charge >= 0.3 is 0 Å². The van der Waals surface area contributed by atoms with Crippen LogP contribution < -0.4 is 5.32 Å². The van der Waals surface area contributed by atoms with Gasteiger partial charge in [0.15, 0.2) is 0 Å². The smallest absolute Gasteiger partial charge is 0.227 e. The fraction of sp³-hybridized carbons (Fsp3) is 0.850. The average Bonchev–Trinajstić information content (AvgIpc) is 3.01. The lowest BCUT2D eigenvalue weighted by Gasteiger charge is -2.34. The lowest BCUT2D eigenvalue weighted by molar-refractivity contribution is -0.139. The summed E-state index contributed by atoms with van der Waals surface area (Å²) in [6.07, 6.45) is 3.62. The number of hydrogen-bond acceptors (Lipinski definition) is 3. The first-order valence-corrected chi connectivity index (χ1v) is 10.1. The van der Waals surface area contributed by atoms with Gasteiger partial charge in [0.2, 0.25) is 17.7 Å². The molecule has 2 heterocycles. The summed E-state index contributed by atoms with van der Waals surface area (Å²) in [5, 5.41) is 3.12. The fourth-order valence-corrected chi connectivity index (χ4v) is 3.95. The van der Waals surface area contributed by atoms with Gasteiger partial charge in [-0.25, -0.2) is 0 Å². The van der Waals surface area contributed by atoms with Gasteiger partial charge in [0.25, 0.3) is 0 Å². The van der Waals surface area contributed by atoms with Gasteiger partial charge in [-0.05, 0) is 46.5 Å². The second kappa shape index (κ2) is 8.40. The summed E-state index contributed by atoms with van der Waals surface area (Å²) < 4.78 is 0. The van der Waals surface area contributed by atoms with Gasteiger partial charge in [0.05, 0.1) is 5.92 Å². The Labute approximate surface area is 157 Å². The molecule has 0 aliphatic carbocycles. The second-order valence-electron chi connectivity index (χ2n) is 8.70. The van der Waals surface area contributed by atoms with Crippen LogP contribution >= 0.6 is 0 Å². The van der Waals surface area contributed by atoms with Gasteiger partial charge in [0.1, 0.15) is 0 Å². The van der Waals surface area contributed by atoms with E-state index in [2.05, 4.69) is 19.2 Å². The maximum atomic E-state index is 12.8. The zero-order chi connectivity index (χ0) is 19.5. The van der Waals surface area contributed by atoms with Crippen LogP contribution in [0.3, 0.4) is 0 Å². The molecule has 2 fully saturated rings. The maximum absolute atomic E-state index is 12.8. The van der Waals surface area contributed by atoms with Crippen LogP contribution in [0.25, 0.3) is 0 Å². The zero-order valence-corrected chi connectivity index (χ0v) is 17.0. The second-order valence-corrected chi connectivity index (χ2v) is 8.70. The molecule has 6 nitrogen and oxygen atoms in total. The molecule has 0 saturated carbocycles. The third-order valence-corrected chi connectivity index (χ3v) is 5.79. The Hall–Kier alpha value is -1.59. The van der Waals surface area contributed by atoms with E-state index in [-0.39, 0.29) is 41.1 Å². The molecule has 1 atom stereocenters. The molecule has 26 heavy (non-hydrogen) atoms. The first-order valence-electron chi connectivity index (χ1n) is 10.1. The van der Waals surface area contributed by atoms with E-state index in [1.165, 1.54) is 0 Å². The van der Waals surface area contributed by atoms with Crippen LogP contribution in [0, 0.1) is 11.8 Å². The summed E-state index contributed by atoms with van der Waals surface area (Å²) in [5.41, 5.74) is -0.244. The number of amides is 3. The number of likely N-dealkylation sites (tertiary alicyclic amines) is 2. The van der Waals surface area contributed by atoms with Crippen molar-refractivity contribution in [1.82, 2.24) is 15.1 Å². The number of carbonyl (C=O) groups is 3. The van der Waals surface area contributed by atoms with Crippen LogP contribution in [0.15, 0.2) is 0 Å². The summed E-state index contributed by atoms with van der Waals surface area (Å²) in [6, 6.07) is 0.245. The highest BCUT2D eigenvalue weighted by Gasteiger charge is 2.41. The molecule has 2 rings (SSSR count). The molecule has 1 unspecified atom stereocenters. The topological polar surface area (TPSA) is 69.7 Å². The third-order valence-electron chi connectivity index (χ3n) is 5.79. The molecule has 2 aliphatic heterocycles. The van der Waals surface area contributed by atoms with E-state index < -0.39 is 0 Å². The highest BCUT2D eigenvalue weighted by molar-refractivity contribution is 5.90. The number of rotatable bonds is 5. The van der Waals surface area contributed by atoms with Crippen molar-refractivity contribution in [2.45, 2.75) is 78.3 Å². The van der Waals surface area contributed by atoms with Crippen LogP contribution in [0.1, 0.15) is 66.7 Å². The molecule has 0 bridgehead atoms. The van der Waals surface area contributed by atoms with Crippen molar-refractivity contribution in [2.24, 2.45) is 11.8 Å². The van der Waals surface area contributed by atoms with E-state index in [1.54, 1.807) is 0 Å². The molecular weight excluding hydrogens is 330 g/mol. The molecule has 6 heteroatoms. The van der Waals surface area contributed by atoms with Gasteiger partial charge in [-0.2, -0.15) is 0 Å². The van der Waals surface area contributed by atoms with Crippen LogP contribution in [0.5, 0.6) is 0 Å². The minimum absolute atomic E-state index is 0.00377. The maximum Gasteiger partial charge on any atom is 0.227 e. The number of piperidine rings is 1. The minimum Gasteiger partial charge on any atom is -0.353 e. The van der Waals surface area contributed by atoms with E-state index >= 15 is 0 Å². The van der Waals surface area contributed by atoms with Crippen LogP contribution in [-0.2, 0) is 14.4 Å². The van der Waals surface area contributed by atoms with E-state index in [1.807, 2.05) is 30.6 Å². The van der Waals surface area contributed by atoms with E-state index in [4.69, 9.17) is 0 Å². The van der Waals surface area contributed by atoms with Gasteiger partial charge in [-0.3, -0.25) is 14.4 Å². The molecule has 3 amide bonds. The number of hydrogen-bond donors (Lipinski definition) is 1. The number of nitrogens with zero attached hydrogens (tertiary/aromatic N) is 2. The van der Waals surface area contributed by atoms with Crippen molar-refractivity contribution in [3.63, 3.8) is 0 Å². The Kier molecular flexibility index (Phi) is 6.69. The minimum atomic E-state index is -0.244. The van der Waals surface area contributed by atoms with Gasteiger partial charge in [0, 0.05) is 43.6 Å². The molecule has 0 spiro atoms. The summed E-state index contributed by atoms with van der Waals surface area (Å²) >= 11 is 0. The standard InChI is InChI=1S/C20H35N3O3/c1-6-16(7-2)21-18(25)14-8-10-22(11-9-14)19(26)15-12-17(24)23(13-15)20(3,4)5/h14-16H,6-13H2,1-5H3,(H,21,25). The van der Waals surface area contributed by atoms with Crippen LogP contribution in [0.4, 0.5) is 0 Å². The Morgan fingerprint density at radius 1 is 1.12 bits per heavy atom. The summed E-state index contributed by atoms with van der Waals surface area (Å²) in [7, 11) is 0. The van der Waals surface area contributed by atoms with E-state index in [0.29, 0.717) is 38.9 Å². The largest absolute Gasteiger partial charge is 0.353 e. The molecule has 0 aromatic heterocycles. The Balaban J connectivity index is 1.85. The van der Waals surface area contributed by atoms with Crippen molar-refractivity contribution >= 4 is 17.7 Å². The molecular formula is C20H35N3O3. The molecule has 0 aromatic carbocycles. The van der Waals surface area contributed by atoms with Gasteiger partial charge < -0.3 is 15.1 Å². The van der Waals surface area contributed by atoms with Crippen LogP contribution in [-0.4, -0.2) is 58.7 Å². The fourth-order valence-electron chi connectivity index (χ4n) is 3.95. The summed E-state index contributed by atoms with van der Waals surface area (Å²) in [5.74, 6) is 0.0209. The first-order chi connectivity index (χ1) is 12.2. The SMILES string of the molecule is CCC(CC)NC(=O)C1CCN(C(=O)C2CC(=O)N(C(C)(C)C)C2)CC1. The quantitative estimate of drug-likeness (QED) is 0.812. The molecule has 0 radical (unpaired) electrons. The van der Waals surface area contributed by atoms with Crippen LogP contribution in [0.2, 0.25) is 0 Å². The van der Waals surface area contributed by atoms with Gasteiger partial charge in [-0.1, -0.05) is 13.8 Å². The Morgan fingerprint density at radius 3 is 2.15 bits per heavy atom. The lowest BCUT2D eigenvalue weighted by Crippen LogP contribution is -2.47. The monoisotopic (exact) mass is 365 g/mol. The third kappa shape index (κ3) is 4.77. The molecule has 0 aromatic rings. The van der Waals surface area contributed by atoms with Gasteiger partial charge in [-0.15, -0.1) is 0 Å². The first kappa shape index (κ1) is 20.7. The molecule has 1 N–H and O–H groups in total. The van der Waals surface area contributed by atoms with Crippen molar-refractivity contribution in [3.8, 4) is 0 Å². The molecule has 2 aliphatic rings. The zero-order valence-electron chi connectivity index (χ0n) is 17.0. The molecule has 148 valence electrons. The predicted molar refractivity (Wildman–Crippen MR) is 101 cm³/mol. The predicted octanol–water partition coefficient (Wildman–Crippen LogP) is 2.18. The van der Waals surface area contributed by atoms with Crippen molar-refractivity contribution < 1.29 is 14.4 Å². The van der Waals surface area contributed by atoms with Crippen molar-refractivity contribution in [2.75, 3.05) is 19.6 Å².